The van der Waals surface area contributed by atoms with Crippen molar-refractivity contribution in [1.82, 2.24) is 5.32 Å². The third kappa shape index (κ3) is 2.87. The number of benzene rings is 1. The summed E-state index contributed by atoms with van der Waals surface area (Å²) < 4.78 is 0. The van der Waals surface area contributed by atoms with E-state index in [0.717, 1.165) is 5.56 Å². The van der Waals surface area contributed by atoms with E-state index in [1.54, 1.807) is 0 Å². The van der Waals surface area contributed by atoms with Crippen molar-refractivity contribution in [3.8, 4) is 0 Å². The van der Waals surface area contributed by atoms with Crippen molar-refractivity contribution >= 4 is 5.91 Å². The summed E-state index contributed by atoms with van der Waals surface area (Å²) in [5, 5.41) is 2.79. The Kier molecular flexibility index (Phi) is 3.69. The largest absolute Gasteiger partial charge is 0.356 e. The maximum Gasteiger partial charge on any atom is 0.224 e. The second kappa shape index (κ2) is 4.80. The molecule has 0 atom stereocenters. The van der Waals surface area contributed by atoms with Crippen LogP contribution in [0.1, 0.15) is 23.6 Å². The summed E-state index contributed by atoms with van der Waals surface area (Å²) in [6, 6.07) is 6.14. The van der Waals surface area contributed by atoms with Crippen LogP contribution >= 0.6 is 0 Å². The van der Waals surface area contributed by atoms with Gasteiger partial charge in [-0.15, -0.1) is 0 Å². The van der Waals surface area contributed by atoms with Crippen LogP contribution < -0.4 is 5.32 Å². The van der Waals surface area contributed by atoms with E-state index in [-0.39, 0.29) is 5.91 Å². The van der Waals surface area contributed by atoms with Crippen LogP contribution in [-0.4, -0.2) is 12.5 Å². The summed E-state index contributed by atoms with van der Waals surface area (Å²) in [6.07, 6.45) is 0.481. The number of rotatable bonds is 3. The highest BCUT2D eigenvalue weighted by Gasteiger charge is 2.02. The minimum Gasteiger partial charge on any atom is -0.356 e. The summed E-state index contributed by atoms with van der Waals surface area (Å²) in [6.45, 7) is 6.77. The fourth-order valence-electron chi connectivity index (χ4n) is 1.36. The lowest BCUT2D eigenvalue weighted by atomic mass is 10.0. The Morgan fingerprint density at radius 2 is 2.00 bits per heavy atom. The second-order valence-electron chi connectivity index (χ2n) is 3.55. The molecule has 14 heavy (non-hydrogen) atoms. The first-order valence-electron chi connectivity index (χ1n) is 4.96. The number of nitrogens with one attached hydrogen (secondary N) is 1. The van der Waals surface area contributed by atoms with Gasteiger partial charge in [0.25, 0.3) is 0 Å². The molecule has 0 fully saturated rings. The lowest BCUT2D eigenvalue weighted by Gasteiger charge is -2.05. The van der Waals surface area contributed by atoms with Gasteiger partial charge in [-0.05, 0) is 37.5 Å². The van der Waals surface area contributed by atoms with E-state index in [1.807, 2.05) is 13.0 Å². The monoisotopic (exact) mass is 191 g/mol. The average Bonchev–Trinajstić information content (AvgIpc) is 2.12. The van der Waals surface area contributed by atoms with Crippen molar-refractivity contribution in [1.29, 1.82) is 0 Å². The van der Waals surface area contributed by atoms with E-state index < -0.39 is 0 Å². The molecule has 1 amide bonds. The van der Waals surface area contributed by atoms with Crippen LogP contribution in [0.15, 0.2) is 18.2 Å². The molecule has 0 bridgehead atoms. The summed E-state index contributed by atoms with van der Waals surface area (Å²) in [4.78, 5) is 11.3. The molecule has 0 heterocycles. The molecule has 0 saturated carbocycles. The minimum absolute atomic E-state index is 0.0933. The lowest BCUT2D eigenvalue weighted by molar-refractivity contribution is -0.120. The number of hydrogen-bond donors (Lipinski definition) is 1. The first-order valence-corrected chi connectivity index (χ1v) is 4.96. The third-order valence-electron chi connectivity index (χ3n) is 2.31. The first-order chi connectivity index (χ1) is 6.63. The molecule has 1 N–H and O–H groups in total. The van der Waals surface area contributed by atoms with Crippen molar-refractivity contribution in [2.24, 2.45) is 0 Å². The Bertz CT molecular complexity index is 331. The highest BCUT2D eigenvalue weighted by atomic mass is 16.1. The van der Waals surface area contributed by atoms with Gasteiger partial charge in [0.2, 0.25) is 5.91 Å². The molecule has 1 rings (SSSR count). The zero-order chi connectivity index (χ0) is 10.6. The number of likely N-dealkylation sites (N-methyl/N-ethyl adjacent to an activating group) is 1. The van der Waals surface area contributed by atoms with Gasteiger partial charge in [0.1, 0.15) is 0 Å². The van der Waals surface area contributed by atoms with Crippen LogP contribution in [0.3, 0.4) is 0 Å². The van der Waals surface area contributed by atoms with Gasteiger partial charge < -0.3 is 5.32 Å². The van der Waals surface area contributed by atoms with Gasteiger partial charge in [-0.1, -0.05) is 18.2 Å². The van der Waals surface area contributed by atoms with Crippen LogP contribution in [0.5, 0.6) is 0 Å². The highest BCUT2D eigenvalue weighted by Crippen LogP contribution is 2.10. The molecular weight excluding hydrogens is 174 g/mol. The number of hydrogen-bond acceptors (Lipinski definition) is 1. The van der Waals surface area contributed by atoms with Gasteiger partial charge >= 0.3 is 0 Å². The third-order valence-corrected chi connectivity index (χ3v) is 2.31. The van der Waals surface area contributed by atoms with Gasteiger partial charge in [0.15, 0.2) is 0 Å². The SMILES string of the molecule is CCNC(=O)Cc1ccc(C)c(C)c1. The molecule has 2 nitrogen and oxygen atoms in total. The van der Waals surface area contributed by atoms with E-state index in [1.165, 1.54) is 11.1 Å². The van der Waals surface area contributed by atoms with Crippen LogP contribution in [0, 0.1) is 13.8 Å². The summed E-state index contributed by atoms with van der Waals surface area (Å²) in [7, 11) is 0. The molecule has 0 aliphatic heterocycles. The molecule has 2 heteroatoms. The summed E-state index contributed by atoms with van der Waals surface area (Å²) >= 11 is 0. The molecule has 1 aromatic rings. The zero-order valence-corrected chi connectivity index (χ0v) is 9.05. The molecule has 1 aromatic carbocycles. The van der Waals surface area contributed by atoms with E-state index >= 15 is 0 Å². The first kappa shape index (κ1) is 10.8. The van der Waals surface area contributed by atoms with Crippen molar-refractivity contribution in [3.05, 3.63) is 34.9 Å². The van der Waals surface area contributed by atoms with Gasteiger partial charge in [-0.2, -0.15) is 0 Å². The van der Waals surface area contributed by atoms with Gasteiger partial charge in [-0.25, -0.2) is 0 Å². The van der Waals surface area contributed by atoms with Crippen LogP contribution in [-0.2, 0) is 11.2 Å². The van der Waals surface area contributed by atoms with E-state index in [2.05, 4.69) is 31.3 Å². The van der Waals surface area contributed by atoms with Gasteiger partial charge in [0, 0.05) is 6.54 Å². The van der Waals surface area contributed by atoms with E-state index in [0.29, 0.717) is 13.0 Å². The number of carbonyl (C=O) groups is 1. The van der Waals surface area contributed by atoms with E-state index in [4.69, 9.17) is 0 Å². The number of amides is 1. The molecule has 0 aliphatic carbocycles. The van der Waals surface area contributed by atoms with Gasteiger partial charge in [0.05, 0.1) is 6.42 Å². The van der Waals surface area contributed by atoms with Gasteiger partial charge in [-0.3, -0.25) is 4.79 Å². The van der Waals surface area contributed by atoms with Crippen LogP contribution in [0.2, 0.25) is 0 Å². The number of carbonyl (C=O) groups excluding carboxylic acids is 1. The predicted octanol–water partition coefficient (Wildman–Crippen LogP) is 1.98. The predicted molar refractivity (Wildman–Crippen MR) is 58.3 cm³/mol. The summed E-state index contributed by atoms with van der Waals surface area (Å²) in [5.74, 6) is 0.0933. The maximum absolute atomic E-state index is 11.3. The smallest absolute Gasteiger partial charge is 0.224 e. The van der Waals surface area contributed by atoms with Crippen molar-refractivity contribution in [2.75, 3.05) is 6.54 Å². The highest BCUT2D eigenvalue weighted by molar-refractivity contribution is 5.78. The van der Waals surface area contributed by atoms with Crippen molar-refractivity contribution in [2.45, 2.75) is 27.2 Å². The fourth-order valence-corrected chi connectivity index (χ4v) is 1.36. The normalized spacial score (nSPS) is 9.93. The standard InChI is InChI=1S/C12H17NO/c1-4-13-12(14)8-11-6-5-9(2)10(3)7-11/h5-7H,4,8H2,1-3H3,(H,13,14). The number of aryl methyl sites for hydroxylation is 2. The molecule has 0 aliphatic rings. The van der Waals surface area contributed by atoms with E-state index in [9.17, 15) is 4.79 Å². The lowest BCUT2D eigenvalue weighted by Crippen LogP contribution is -2.24. The topological polar surface area (TPSA) is 29.1 Å². The second-order valence-corrected chi connectivity index (χ2v) is 3.55. The molecule has 0 radical (unpaired) electrons. The van der Waals surface area contributed by atoms with Crippen LogP contribution in [0.25, 0.3) is 0 Å². The Balaban J connectivity index is 2.68. The molecule has 76 valence electrons. The van der Waals surface area contributed by atoms with Crippen molar-refractivity contribution < 1.29 is 4.79 Å². The Labute approximate surface area is 85.3 Å². The fraction of sp³-hybridized carbons (Fsp3) is 0.417. The van der Waals surface area contributed by atoms with Crippen LogP contribution in [0.4, 0.5) is 0 Å². The Morgan fingerprint density at radius 3 is 2.57 bits per heavy atom. The quantitative estimate of drug-likeness (QED) is 0.777. The Hall–Kier alpha value is -1.31. The van der Waals surface area contributed by atoms with Crippen molar-refractivity contribution in [3.63, 3.8) is 0 Å². The molecule has 0 unspecified atom stereocenters. The molecular formula is C12H17NO. The molecule has 0 spiro atoms. The summed E-state index contributed by atoms with van der Waals surface area (Å²) in [5.41, 5.74) is 3.59. The average molecular weight is 191 g/mol. The molecule has 0 aromatic heterocycles. The zero-order valence-electron chi connectivity index (χ0n) is 9.05. The maximum atomic E-state index is 11.3. The molecule has 0 saturated heterocycles. The minimum atomic E-state index is 0.0933. The Morgan fingerprint density at radius 1 is 1.29 bits per heavy atom.